The number of anilines is 1. The van der Waals surface area contributed by atoms with Gasteiger partial charge in [-0.25, -0.2) is 4.39 Å². The minimum Gasteiger partial charge on any atom is -0.326 e. The summed E-state index contributed by atoms with van der Waals surface area (Å²) in [5.74, 6) is 0.258. The van der Waals surface area contributed by atoms with Crippen molar-refractivity contribution in [2.24, 2.45) is 5.92 Å². The summed E-state index contributed by atoms with van der Waals surface area (Å²) in [4.78, 5) is 26.3. The molecular weight excluding hydrogens is 367 g/mol. The van der Waals surface area contributed by atoms with Gasteiger partial charge in [-0.05, 0) is 81.0 Å². The highest BCUT2D eigenvalue weighted by molar-refractivity contribution is 5.94. The summed E-state index contributed by atoms with van der Waals surface area (Å²) in [5.41, 5.74) is 3.31. The largest absolute Gasteiger partial charge is 0.326 e. The van der Waals surface area contributed by atoms with Gasteiger partial charge in [0.2, 0.25) is 5.91 Å². The van der Waals surface area contributed by atoms with Crippen molar-refractivity contribution in [3.05, 3.63) is 65.0 Å². The number of nitrogens with zero attached hydrogens (tertiary/aromatic N) is 1. The minimum atomic E-state index is -0.295. The molecule has 0 bridgehead atoms. The number of rotatable bonds is 7. The van der Waals surface area contributed by atoms with Crippen LogP contribution in [0.1, 0.15) is 54.1 Å². The summed E-state index contributed by atoms with van der Waals surface area (Å²) in [6, 6.07) is 12.2. The normalized spacial score (nSPS) is 17.1. The van der Waals surface area contributed by atoms with Gasteiger partial charge in [-0.3, -0.25) is 14.5 Å². The van der Waals surface area contributed by atoms with Gasteiger partial charge in [0, 0.05) is 30.8 Å². The van der Waals surface area contributed by atoms with Crippen LogP contribution in [0.3, 0.4) is 0 Å². The van der Waals surface area contributed by atoms with Crippen LogP contribution in [0.15, 0.2) is 42.5 Å². The SMILES string of the molecule is CC(=O)c1cccc(CN2CCC[C@@H](CCC(=O)Nc3ccc(F)cc3C)C2)c1. The number of hydrogen-bond acceptors (Lipinski definition) is 3. The Balaban J connectivity index is 1.48. The quantitative estimate of drug-likeness (QED) is 0.673. The molecule has 1 saturated heterocycles. The zero-order valence-corrected chi connectivity index (χ0v) is 17.2. The van der Waals surface area contributed by atoms with Gasteiger partial charge >= 0.3 is 0 Å². The number of likely N-dealkylation sites (tertiary alicyclic amines) is 1. The average Bonchev–Trinajstić information content (AvgIpc) is 2.69. The van der Waals surface area contributed by atoms with Gasteiger partial charge in [-0.15, -0.1) is 0 Å². The minimum absolute atomic E-state index is 0.0222. The number of benzene rings is 2. The molecule has 2 aromatic carbocycles. The second kappa shape index (κ2) is 9.79. The fourth-order valence-electron chi connectivity index (χ4n) is 3.99. The first-order valence-electron chi connectivity index (χ1n) is 10.3. The molecule has 0 spiro atoms. The van der Waals surface area contributed by atoms with E-state index in [0.29, 0.717) is 18.0 Å². The number of amides is 1. The average molecular weight is 397 g/mol. The molecule has 0 aromatic heterocycles. The van der Waals surface area contributed by atoms with Crippen LogP contribution >= 0.6 is 0 Å². The summed E-state index contributed by atoms with van der Waals surface area (Å²) in [6.07, 6.45) is 3.56. The Hall–Kier alpha value is -2.53. The highest BCUT2D eigenvalue weighted by atomic mass is 19.1. The predicted molar refractivity (Wildman–Crippen MR) is 113 cm³/mol. The van der Waals surface area contributed by atoms with Crippen LogP contribution < -0.4 is 5.32 Å². The standard InChI is InChI=1S/C24H29FN2O2/c1-17-13-22(25)9-10-23(17)26-24(29)11-8-19-6-4-12-27(15-19)16-20-5-3-7-21(14-20)18(2)28/h3,5,7,9-10,13-14,19H,4,6,8,11-12,15-16H2,1-2H3,(H,26,29)/t19-/m0/s1. The topological polar surface area (TPSA) is 49.4 Å². The Morgan fingerprint density at radius 1 is 1.21 bits per heavy atom. The van der Waals surface area contributed by atoms with Crippen molar-refractivity contribution in [2.45, 2.75) is 46.1 Å². The molecule has 1 N–H and O–H groups in total. The zero-order valence-electron chi connectivity index (χ0n) is 17.2. The molecule has 0 aliphatic carbocycles. The number of carbonyl (C=O) groups is 2. The highest BCUT2D eigenvalue weighted by Gasteiger charge is 2.21. The number of Topliss-reactive ketones (excluding diaryl/α,β-unsaturated/α-hetero) is 1. The smallest absolute Gasteiger partial charge is 0.224 e. The van der Waals surface area contributed by atoms with E-state index in [1.54, 1.807) is 19.9 Å². The van der Waals surface area contributed by atoms with E-state index in [9.17, 15) is 14.0 Å². The lowest BCUT2D eigenvalue weighted by atomic mass is 9.93. The number of ketones is 1. The Morgan fingerprint density at radius 2 is 2.03 bits per heavy atom. The molecule has 3 rings (SSSR count). The summed E-state index contributed by atoms with van der Waals surface area (Å²) in [5, 5.41) is 2.89. The van der Waals surface area contributed by atoms with E-state index in [-0.39, 0.29) is 17.5 Å². The molecule has 0 saturated carbocycles. The Kier molecular flexibility index (Phi) is 7.15. The van der Waals surface area contributed by atoms with E-state index in [4.69, 9.17) is 0 Å². The number of carbonyl (C=O) groups excluding carboxylic acids is 2. The molecule has 5 heteroatoms. The van der Waals surface area contributed by atoms with Crippen LogP contribution in [0.2, 0.25) is 0 Å². The number of aryl methyl sites for hydroxylation is 1. The van der Waals surface area contributed by atoms with Gasteiger partial charge < -0.3 is 5.32 Å². The molecular formula is C24H29FN2O2. The van der Waals surface area contributed by atoms with Crippen molar-refractivity contribution in [3.63, 3.8) is 0 Å². The molecule has 1 atom stereocenters. The van der Waals surface area contributed by atoms with Crippen LogP contribution in [-0.2, 0) is 11.3 Å². The maximum Gasteiger partial charge on any atom is 0.224 e. The van der Waals surface area contributed by atoms with Gasteiger partial charge in [0.1, 0.15) is 5.82 Å². The summed E-state index contributed by atoms with van der Waals surface area (Å²) in [6.45, 7) is 6.22. The van der Waals surface area contributed by atoms with Gasteiger partial charge in [-0.1, -0.05) is 18.2 Å². The van der Waals surface area contributed by atoms with Gasteiger partial charge in [0.15, 0.2) is 5.78 Å². The first-order chi connectivity index (χ1) is 13.9. The van der Waals surface area contributed by atoms with Crippen molar-refractivity contribution in [2.75, 3.05) is 18.4 Å². The van der Waals surface area contributed by atoms with Crippen LogP contribution in [0, 0.1) is 18.7 Å². The molecule has 1 fully saturated rings. The predicted octanol–water partition coefficient (Wildman–Crippen LogP) is 4.97. The van der Waals surface area contributed by atoms with Crippen LogP contribution in [0.5, 0.6) is 0 Å². The van der Waals surface area contributed by atoms with Crippen molar-refractivity contribution in [1.82, 2.24) is 4.90 Å². The van der Waals surface area contributed by atoms with E-state index in [2.05, 4.69) is 16.3 Å². The Bertz CT molecular complexity index is 881. The molecule has 2 aromatic rings. The third-order valence-electron chi connectivity index (χ3n) is 5.58. The lowest BCUT2D eigenvalue weighted by Gasteiger charge is -2.32. The molecule has 0 unspecified atom stereocenters. The molecule has 4 nitrogen and oxygen atoms in total. The Labute approximate surface area is 172 Å². The lowest BCUT2D eigenvalue weighted by molar-refractivity contribution is -0.116. The summed E-state index contributed by atoms with van der Waals surface area (Å²) < 4.78 is 13.2. The molecule has 29 heavy (non-hydrogen) atoms. The van der Waals surface area contributed by atoms with Crippen LogP contribution in [0.4, 0.5) is 10.1 Å². The third-order valence-corrected chi connectivity index (χ3v) is 5.58. The zero-order chi connectivity index (χ0) is 20.8. The van der Waals surface area contributed by atoms with Gasteiger partial charge in [0.05, 0.1) is 0 Å². The van der Waals surface area contributed by atoms with Gasteiger partial charge in [-0.2, -0.15) is 0 Å². The number of hydrogen-bond donors (Lipinski definition) is 1. The lowest BCUT2D eigenvalue weighted by Crippen LogP contribution is -2.35. The molecule has 0 radical (unpaired) electrons. The highest BCUT2D eigenvalue weighted by Crippen LogP contribution is 2.23. The van der Waals surface area contributed by atoms with Crippen LogP contribution in [0.25, 0.3) is 0 Å². The first-order valence-corrected chi connectivity index (χ1v) is 10.3. The molecule has 1 aliphatic rings. The van der Waals surface area contributed by atoms with Crippen LogP contribution in [-0.4, -0.2) is 29.7 Å². The molecule has 1 aliphatic heterocycles. The first kappa shape index (κ1) is 21.2. The second-order valence-electron chi connectivity index (χ2n) is 8.05. The molecule has 1 amide bonds. The maximum absolute atomic E-state index is 13.2. The van der Waals surface area contributed by atoms with Crippen molar-refractivity contribution in [3.8, 4) is 0 Å². The number of nitrogens with one attached hydrogen (secondary N) is 1. The van der Waals surface area contributed by atoms with Crippen molar-refractivity contribution in [1.29, 1.82) is 0 Å². The monoisotopic (exact) mass is 396 g/mol. The second-order valence-corrected chi connectivity index (χ2v) is 8.05. The Morgan fingerprint density at radius 3 is 2.79 bits per heavy atom. The fraction of sp³-hybridized carbons (Fsp3) is 0.417. The van der Waals surface area contributed by atoms with E-state index in [1.165, 1.54) is 12.1 Å². The summed E-state index contributed by atoms with van der Waals surface area (Å²) >= 11 is 0. The van der Waals surface area contributed by atoms with E-state index >= 15 is 0 Å². The molecule has 1 heterocycles. The van der Waals surface area contributed by atoms with Crippen molar-refractivity contribution >= 4 is 17.4 Å². The summed E-state index contributed by atoms with van der Waals surface area (Å²) in [7, 11) is 0. The molecule has 154 valence electrons. The van der Waals surface area contributed by atoms with Crippen molar-refractivity contribution < 1.29 is 14.0 Å². The number of piperidine rings is 1. The van der Waals surface area contributed by atoms with E-state index in [0.717, 1.165) is 55.6 Å². The third kappa shape index (κ3) is 6.23. The number of halogens is 1. The fourth-order valence-corrected chi connectivity index (χ4v) is 3.99. The maximum atomic E-state index is 13.2. The van der Waals surface area contributed by atoms with E-state index in [1.807, 2.05) is 18.2 Å². The van der Waals surface area contributed by atoms with E-state index < -0.39 is 0 Å². The van der Waals surface area contributed by atoms with Gasteiger partial charge in [0.25, 0.3) is 0 Å².